The molecule has 0 aliphatic carbocycles. The summed E-state index contributed by atoms with van der Waals surface area (Å²) in [4.78, 5) is 2.03. The molecule has 0 radical (unpaired) electrons. The Morgan fingerprint density at radius 2 is 2.19 bits per heavy atom. The summed E-state index contributed by atoms with van der Waals surface area (Å²) in [6, 6.07) is 3.96. The number of rotatable bonds is 7. The zero-order valence-electron chi connectivity index (χ0n) is 10.2. The molecular weight excluding hydrogens is 204 g/mol. The molecule has 0 saturated carbocycles. The van der Waals surface area contributed by atoms with E-state index in [1.165, 1.54) is 0 Å². The van der Waals surface area contributed by atoms with Crippen molar-refractivity contribution in [3.63, 3.8) is 0 Å². The highest BCUT2D eigenvalue weighted by atomic mass is 16.5. The average Bonchev–Trinajstić information content (AvgIpc) is 2.30. The highest BCUT2D eigenvalue weighted by Crippen LogP contribution is 2.06. The quantitative estimate of drug-likeness (QED) is 0.690. The second-order valence-corrected chi connectivity index (χ2v) is 3.53. The Kier molecular flexibility index (Phi) is 5.74. The first-order valence-corrected chi connectivity index (χ1v) is 5.54. The van der Waals surface area contributed by atoms with Crippen LogP contribution in [0, 0.1) is 0 Å². The molecule has 1 rings (SSSR count). The van der Waals surface area contributed by atoms with Crippen LogP contribution in [0.3, 0.4) is 0 Å². The number of nitrogens with zero attached hydrogens (tertiary/aromatic N) is 3. The van der Waals surface area contributed by atoms with Gasteiger partial charge in [0.15, 0.2) is 5.82 Å². The summed E-state index contributed by atoms with van der Waals surface area (Å²) >= 11 is 0. The number of likely N-dealkylation sites (N-methyl/N-ethyl adjacent to an activating group) is 1. The number of hydrogen-bond donors (Lipinski definition) is 1. The fourth-order valence-electron chi connectivity index (χ4n) is 1.29. The van der Waals surface area contributed by atoms with Crippen molar-refractivity contribution in [3.8, 4) is 0 Å². The molecule has 0 aliphatic rings. The van der Waals surface area contributed by atoms with Gasteiger partial charge in [0.25, 0.3) is 0 Å². The van der Waals surface area contributed by atoms with Crippen molar-refractivity contribution in [1.29, 1.82) is 0 Å². The molecule has 0 fully saturated rings. The fraction of sp³-hybridized carbons (Fsp3) is 0.636. The summed E-state index contributed by atoms with van der Waals surface area (Å²) in [7, 11) is 3.88. The smallest absolute Gasteiger partial charge is 0.151 e. The molecule has 0 aliphatic heterocycles. The lowest BCUT2D eigenvalue weighted by molar-refractivity contribution is 0.154. The zero-order valence-corrected chi connectivity index (χ0v) is 10.2. The molecule has 0 unspecified atom stereocenters. The van der Waals surface area contributed by atoms with Crippen molar-refractivity contribution in [2.24, 2.45) is 0 Å². The number of aromatic nitrogens is 2. The maximum atomic E-state index is 5.29. The Hall–Kier alpha value is -1.20. The third kappa shape index (κ3) is 4.12. The molecule has 0 spiro atoms. The number of ether oxygens (including phenoxy) is 1. The predicted octanol–water partition coefficient (Wildman–Crippen LogP) is 0.669. The lowest BCUT2D eigenvalue weighted by atomic mass is 10.3. The van der Waals surface area contributed by atoms with Gasteiger partial charge in [-0.3, -0.25) is 0 Å². The van der Waals surface area contributed by atoms with Crippen LogP contribution in [0.15, 0.2) is 12.1 Å². The first-order chi connectivity index (χ1) is 7.77. The van der Waals surface area contributed by atoms with E-state index >= 15 is 0 Å². The van der Waals surface area contributed by atoms with E-state index in [0.717, 1.165) is 31.2 Å². The van der Waals surface area contributed by atoms with Crippen LogP contribution >= 0.6 is 0 Å². The van der Waals surface area contributed by atoms with Crippen LogP contribution < -0.4 is 10.2 Å². The Morgan fingerprint density at radius 1 is 1.38 bits per heavy atom. The molecule has 1 aromatic rings. The largest absolute Gasteiger partial charge is 0.380 e. The third-order valence-corrected chi connectivity index (χ3v) is 2.23. The molecule has 0 bridgehead atoms. The van der Waals surface area contributed by atoms with Gasteiger partial charge >= 0.3 is 0 Å². The molecule has 5 heteroatoms. The van der Waals surface area contributed by atoms with Crippen LogP contribution in [-0.4, -0.2) is 44.1 Å². The van der Waals surface area contributed by atoms with Gasteiger partial charge in [0.1, 0.15) is 0 Å². The first kappa shape index (κ1) is 12.9. The van der Waals surface area contributed by atoms with Crippen LogP contribution in [0.2, 0.25) is 0 Å². The van der Waals surface area contributed by atoms with Crippen LogP contribution in [0.25, 0.3) is 0 Å². The summed E-state index contributed by atoms with van der Waals surface area (Å²) in [6.45, 7) is 5.03. The summed E-state index contributed by atoms with van der Waals surface area (Å²) in [5, 5.41) is 11.3. The molecular formula is C11H20N4O. The summed E-state index contributed by atoms with van der Waals surface area (Å²) in [5.41, 5.74) is 0.949. The molecule has 0 aromatic carbocycles. The second-order valence-electron chi connectivity index (χ2n) is 3.53. The van der Waals surface area contributed by atoms with Gasteiger partial charge in [-0.15, -0.1) is 5.10 Å². The van der Waals surface area contributed by atoms with Crippen LogP contribution in [0.5, 0.6) is 0 Å². The van der Waals surface area contributed by atoms with Crippen LogP contribution in [0.1, 0.15) is 12.6 Å². The zero-order chi connectivity index (χ0) is 11.8. The van der Waals surface area contributed by atoms with Gasteiger partial charge in [0.05, 0.1) is 12.3 Å². The molecule has 0 atom stereocenters. The van der Waals surface area contributed by atoms with Crippen molar-refractivity contribution in [2.75, 3.05) is 38.8 Å². The standard InChI is InChI=1S/C11H20N4O/c1-4-16-8-7-15(3)11-6-5-10(9-12-2)13-14-11/h5-6,12H,4,7-9H2,1-3H3. The Balaban J connectivity index is 2.46. The first-order valence-electron chi connectivity index (χ1n) is 5.54. The summed E-state index contributed by atoms with van der Waals surface area (Å²) < 4.78 is 5.29. The monoisotopic (exact) mass is 224 g/mol. The third-order valence-electron chi connectivity index (χ3n) is 2.23. The van der Waals surface area contributed by atoms with Gasteiger partial charge in [-0.2, -0.15) is 5.10 Å². The van der Waals surface area contributed by atoms with E-state index in [-0.39, 0.29) is 0 Å². The molecule has 1 heterocycles. The van der Waals surface area contributed by atoms with Crippen LogP contribution in [0.4, 0.5) is 5.82 Å². The van der Waals surface area contributed by atoms with Crippen molar-refractivity contribution in [3.05, 3.63) is 17.8 Å². The van der Waals surface area contributed by atoms with Gasteiger partial charge in [0.2, 0.25) is 0 Å². The fourth-order valence-corrected chi connectivity index (χ4v) is 1.29. The minimum absolute atomic E-state index is 0.715. The van der Waals surface area contributed by atoms with Gasteiger partial charge in [-0.25, -0.2) is 0 Å². The van der Waals surface area contributed by atoms with Gasteiger partial charge in [-0.1, -0.05) is 0 Å². The highest BCUT2D eigenvalue weighted by molar-refractivity contribution is 5.35. The van der Waals surface area contributed by atoms with E-state index in [2.05, 4.69) is 15.5 Å². The Bertz CT molecular complexity index is 289. The molecule has 16 heavy (non-hydrogen) atoms. The second kappa shape index (κ2) is 7.14. The van der Waals surface area contributed by atoms with E-state index in [0.29, 0.717) is 6.61 Å². The topological polar surface area (TPSA) is 50.3 Å². The maximum Gasteiger partial charge on any atom is 0.151 e. The predicted molar refractivity (Wildman–Crippen MR) is 64.6 cm³/mol. The van der Waals surface area contributed by atoms with Crippen molar-refractivity contribution < 1.29 is 4.74 Å². The highest BCUT2D eigenvalue weighted by Gasteiger charge is 2.02. The maximum absolute atomic E-state index is 5.29. The van der Waals surface area contributed by atoms with Crippen LogP contribution in [-0.2, 0) is 11.3 Å². The molecule has 1 aromatic heterocycles. The Labute approximate surface area is 96.8 Å². The van der Waals surface area contributed by atoms with E-state index in [9.17, 15) is 0 Å². The molecule has 5 nitrogen and oxygen atoms in total. The van der Waals surface area contributed by atoms with Gasteiger partial charge in [-0.05, 0) is 26.1 Å². The van der Waals surface area contributed by atoms with Crippen molar-refractivity contribution in [2.45, 2.75) is 13.5 Å². The van der Waals surface area contributed by atoms with Gasteiger partial charge < -0.3 is 15.0 Å². The Morgan fingerprint density at radius 3 is 2.75 bits per heavy atom. The van der Waals surface area contributed by atoms with E-state index in [1.54, 1.807) is 0 Å². The van der Waals surface area contributed by atoms with E-state index in [4.69, 9.17) is 4.74 Å². The van der Waals surface area contributed by atoms with E-state index in [1.807, 2.05) is 38.1 Å². The van der Waals surface area contributed by atoms with Crippen molar-refractivity contribution in [1.82, 2.24) is 15.5 Å². The van der Waals surface area contributed by atoms with Crippen molar-refractivity contribution >= 4 is 5.82 Å². The number of anilines is 1. The minimum atomic E-state index is 0.715. The van der Waals surface area contributed by atoms with E-state index < -0.39 is 0 Å². The lowest BCUT2D eigenvalue weighted by Gasteiger charge is -2.17. The number of hydrogen-bond acceptors (Lipinski definition) is 5. The molecule has 90 valence electrons. The normalized spacial score (nSPS) is 10.4. The van der Waals surface area contributed by atoms with Gasteiger partial charge in [0, 0.05) is 26.7 Å². The average molecular weight is 224 g/mol. The minimum Gasteiger partial charge on any atom is -0.380 e. The number of nitrogens with one attached hydrogen (secondary N) is 1. The SMILES string of the molecule is CCOCCN(C)c1ccc(CNC)nn1. The summed E-state index contributed by atoms with van der Waals surface area (Å²) in [5.74, 6) is 0.875. The molecule has 0 saturated heterocycles. The molecule has 1 N–H and O–H groups in total. The summed E-state index contributed by atoms with van der Waals surface area (Å²) in [6.07, 6.45) is 0. The molecule has 0 amide bonds. The lowest BCUT2D eigenvalue weighted by Crippen LogP contribution is -2.24.